The Balaban J connectivity index is 0.00000259. The van der Waals surface area contributed by atoms with Crippen LogP contribution in [0.3, 0.4) is 0 Å². The molecule has 2 amide bonds. The summed E-state index contributed by atoms with van der Waals surface area (Å²) in [6, 6.07) is 7.08. The third-order valence-corrected chi connectivity index (χ3v) is 7.74. The molecule has 0 radical (unpaired) electrons. The Kier molecular flexibility index (Phi) is 7.28. The Morgan fingerprint density at radius 1 is 1.21 bits per heavy atom. The number of amides is 2. The predicted molar refractivity (Wildman–Crippen MR) is 134 cm³/mol. The minimum Gasteiger partial charge on any atom is -0.351 e. The maximum absolute atomic E-state index is 12.9. The third kappa shape index (κ3) is 5.04. The van der Waals surface area contributed by atoms with Crippen molar-refractivity contribution in [3.05, 3.63) is 50.6 Å². The molecule has 2 aromatic heterocycles. The van der Waals surface area contributed by atoms with Crippen LogP contribution in [0.5, 0.6) is 0 Å². The van der Waals surface area contributed by atoms with E-state index in [0.29, 0.717) is 15.7 Å². The Labute approximate surface area is 207 Å². The molecule has 3 N–H and O–H groups in total. The molecule has 1 saturated carbocycles. The summed E-state index contributed by atoms with van der Waals surface area (Å²) in [5.74, 6) is -0.313. The van der Waals surface area contributed by atoms with E-state index in [0.717, 1.165) is 61.9 Å². The Bertz CT molecular complexity index is 1180. The molecule has 10 heteroatoms. The van der Waals surface area contributed by atoms with Crippen LogP contribution in [-0.2, 0) is 13.0 Å². The SMILES string of the molecule is CCN1CCc2nc(C(=O)NC3CCCC3NC(=O)c3cc4cc(Cl)ccc4[nH]3)sc2C1.Cl. The largest absolute Gasteiger partial charge is 0.351 e. The van der Waals surface area contributed by atoms with Crippen molar-refractivity contribution in [3.63, 3.8) is 0 Å². The molecule has 2 aliphatic rings. The van der Waals surface area contributed by atoms with Crippen molar-refractivity contribution in [1.82, 2.24) is 25.5 Å². The van der Waals surface area contributed by atoms with Gasteiger partial charge in [-0.25, -0.2) is 4.98 Å². The van der Waals surface area contributed by atoms with Crippen LogP contribution >= 0.6 is 35.3 Å². The monoisotopic (exact) mass is 507 g/mol. The molecule has 2 atom stereocenters. The summed E-state index contributed by atoms with van der Waals surface area (Å²) < 4.78 is 0. The highest BCUT2D eigenvalue weighted by Crippen LogP contribution is 2.26. The molecule has 1 fully saturated rings. The molecule has 33 heavy (non-hydrogen) atoms. The fourth-order valence-corrected chi connectivity index (χ4v) is 5.86. The second-order valence-electron chi connectivity index (χ2n) is 8.51. The Morgan fingerprint density at radius 3 is 2.73 bits per heavy atom. The molecule has 176 valence electrons. The first-order valence-corrected chi connectivity index (χ1v) is 12.3. The highest BCUT2D eigenvalue weighted by molar-refractivity contribution is 7.13. The topological polar surface area (TPSA) is 90.1 Å². The van der Waals surface area contributed by atoms with Gasteiger partial charge in [-0.15, -0.1) is 23.7 Å². The summed E-state index contributed by atoms with van der Waals surface area (Å²) in [7, 11) is 0. The van der Waals surface area contributed by atoms with E-state index in [1.807, 2.05) is 12.1 Å². The number of benzene rings is 1. The van der Waals surface area contributed by atoms with E-state index in [1.165, 1.54) is 16.2 Å². The molecule has 1 aliphatic carbocycles. The number of H-pyrrole nitrogens is 1. The van der Waals surface area contributed by atoms with Crippen LogP contribution in [0.25, 0.3) is 10.9 Å². The normalized spacial score (nSPS) is 20.3. The number of rotatable bonds is 5. The zero-order valence-corrected chi connectivity index (χ0v) is 20.7. The van der Waals surface area contributed by atoms with Gasteiger partial charge in [0.1, 0.15) is 5.69 Å². The number of aromatic amines is 1. The van der Waals surface area contributed by atoms with Crippen molar-refractivity contribution < 1.29 is 9.59 Å². The Morgan fingerprint density at radius 2 is 1.97 bits per heavy atom. The van der Waals surface area contributed by atoms with E-state index >= 15 is 0 Å². The first-order valence-electron chi connectivity index (χ1n) is 11.1. The molecule has 0 saturated heterocycles. The predicted octanol–water partition coefficient (Wildman–Crippen LogP) is 4.16. The summed E-state index contributed by atoms with van der Waals surface area (Å²) in [5, 5.41) is 8.28. The van der Waals surface area contributed by atoms with Gasteiger partial charge >= 0.3 is 0 Å². The average Bonchev–Trinajstić information content (AvgIpc) is 3.51. The van der Waals surface area contributed by atoms with Crippen molar-refractivity contribution in [1.29, 1.82) is 0 Å². The molecule has 5 rings (SSSR count). The van der Waals surface area contributed by atoms with Crippen LogP contribution in [0.4, 0.5) is 0 Å². The van der Waals surface area contributed by atoms with E-state index in [2.05, 4.69) is 32.4 Å². The molecule has 2 unspecified atom stereocenters. The van der Waals surface area contributed by atoms with Gasteiger partial charge in [0.25, 0.3) is 11.8 Å². The molecule has 0 spiro atoms. The quantitative estimate of drug-likeness (QED) is 0.483. The van der Waals surface area contributed by atoms with Gasteiger partial charge in [-0.2, -0.15) is 0 Å². The van der Waals surface area contributed by atoms with E-state index in [9.17, 15) is 9.59 Å². The van der Waals surface area contributed by atoms with Gasteiger partial charge in [0.05, 0.1) is 5.69 Å². The summed E-state index contributed by atoms with van der Waals surface area (Å²) in [4.78, 5) is 37.1. The second-order valence-corrected chi connectivity index (χ2v) is 10.0. The lowest BCUT2D eigenvalue weighted by Crippen LogP contribution is -2.48. The van der Waals surface area contributed by atoms with Crippen molar-refractivity contribution in [2.45, 2.75) is 51.2 Å². The number of aromatic nitrogens is 2. The van der Waals surface area contributed by atoms with E-state index in [4.69, 9.17) is 11.6 Å². The molecule has 3 aromatic rings. The number of nitrogens with one attached hydrogen (secondary N) is 3. The number of nitrogens with zero attached hydrogens (tertiary/aromatic N) is 2. The highest BCUT2D eigenvalue weighted by Gasteiger charge is 2.32. The highest BCUT2D eigenvalue weighted by atomic mass is 35.5. The maximum Gasteiger partial charge on any atom is 0.280 e. The van der Waals surface area contributed by atoms with Crippen LogP contribution in [0, 0.1) is 0 Å². The maximum atomic E-state index is 12.9. The summed E-state index contributed by atoms with van der Waals surface area (Å²) in [5.41, 5.74) is 2.41. The minimum absolute atomic E-state index is 0. The molecule has 1 aromatic carbocycles. The van der Waals surface area contributed by atoms with E-state index in [1.54, 1.807) is 12.1 Å². The zero-order chi connectivity index (χ0) is 22.2. The fourth-order valence-electron chi connectivity index (χ4n) is 4.62. The number of hydrogen-bond donors (Lipinski definition) is 3. The van der Waals surface area contributed by atoms with Gasteiger partial charge in [-0.05, 0) is 50.1 Å². The van der Waals surface area contributed by atoms with Crippen molar-refractivity contribution in [2.24, 2.45) is 0 Å². The van der Waals surface area contributed by atoms with Crippen LogP contribution < -0.4 is 10.6 Å². The van der Waals surface area contributed by atoms with Gasteiger partial charge in [-0.1, -0.05) is 18.5 Å². The second kappa shape index (κ2) is 10.0. The van der Waals surface area contributed by atoms with Crippen LogP contribution in [-0.4, -0.2) is 51.9 Å². The zero-order valence-electron chi connectivity index (χ0n) is 18.3. The Hall–Kier alpha value is -2.13. The van der Waals surface area contributed by atoms with Gasteiger partial charge in [-0.3, -0.25) is 14.5 Å². The molecule has 3 heterocycles. The van der Waals surface area contributed by atoms with Crippen LogP contribution in [0.2, 0.25) is 5.02 Å². The lowest BCUT2D eigenvalue weighted by Gasteiger charge is -2.23. The number of thiazole rings is 1. The first-order chi connectivity index (χ1) is 15.5. The van der Waals surface area contributed by atoms with Crippen LogP contribution in [0.1, 0.15) is 57.0 Å². The van der Waals surface area contributed by atoms with Gasteiger partial charge in [0.2, 0.25) is 0 Å². The fraction of sp³-hybridized carbons (Fsp3) is 0.435. The summed E-state index contributed by atoms with van der Waals surface area (Å²) in [6.45, 7) is 5.02. The molecule has 1 aliphatic heterocycles. The van der Waals surface area contributed by atoms with Crippen molar-refractivity contribution in [3.8, 4) is 0 Å². The van der Waals surface area contributed by atoms with Crippen molar-refractivity contribution >= 4 is 58.1 Å². The first kappa shape index (κ1) is 24.0. The lowest BCUT2D eigenvalue weighted by molar-refractivity contribution is 0.0889. The van der Waals surface area contributed by atoms with Crippen LogP contribution in [0.15, 0.2) is 24.3 Å². The summed E-state index contributed by atoms with van der Waals surface area (Å²) >= 11 is 7.54. The smallest absolute Gasteiger partial charge is 0.280 e. The number of hydrogen-bond acceptors (Lipinski definition) is 5. The minimum atomic E-state index is -0.173. The number of carbonyl (C=O) groups is 2. The number of fused-ring (bicyclic) bond motifs is 2. The van der Waals surface area contributed by atoms with Gasteiger partial charge in [0.15, 0.2) is 5.01 Å². The number of carbonyl (C=O) groups excluding carboxylic acids is 2. The summed E-state index contributed by atoms with van der Waals surface area (Å²) in [6.07, 6.45) is 3.53. The number of likely N-dealkylation sites (N-methyl/N-ethyl adjacent to an activating group) is 1. The standard InChI is InChI=1S/C23H26ClN5O2S.ClH/c1-2-29-9-8-18-20(12-29)32-23(28-18)22(31)27-17-5-3-4-16(17)26-21(30)19-11-13-10-14(24)6-7-15(13)25-19;/h6-7,10-11,16-17,25H,2-5,8-9,12H2,1H3,(H,26,30)(H,27,31);1H. The third-order valence-electron chi connectivity index (χ3n) is 6.43. The van der Waals surface area contributed by atoms with Gasteiger partial charge in [0, 0.05) is 52.4 Å². The molecular formula is C23H27Cl2N5O2S. The van der Waals surface area contributed by atoms with E-state index < -0.39 is 0 Å². The van der Waals surface area contributed by atoms with Gasteiger partial charge < -0.3 is 15.6 Å². The molecule has 7 nitrogen and oxygen atoms in total. The average molecular weight is 508 g/mol. The number of halogens is 2. The molecular weight excluding hydrogens is 481 g/mol. The lowest BCUT2D eigenvalue weighted by atomic mass is 10.1. The van der Waals surface area contributed by atoms with E-state index in [-0.39, 0.29) is 36.3 Å². The molecule has 0 bridgehead atoms. The van der Waals surface area contributed by atoms with Crippen molar-refractivity contribution in [2.75, 3.05) is 13.1 Å².